The van der Waals surface area contributed by atoms with Crippen molar-refractivity contribution in [2.24, 2.45) is 10.9 Å². The van der Waals surface area contributed by atoms with Crippen molar-refractivity contribution < 1.29 is 4.74 Å². The largest absolute Gasteiger partial charge is 0.479 e. The van der Waals surface area contributed by atoms with Crippen molar-refractivity contribution in [1.82, 2.24) is 5.32 Å². The van der Waals surface area contributed by atoms with Gasteiger partial charge in [-0.1, -0.05) is 0 Å². The number of ether oxygens (including phenoxy) is 1. The Labute approximate surface area is 73.2 Å². The van der Waals surface area contributed by atoms with Gasteiger partial charge in [0.25, 0.3) is 0 Å². The molecule has 0 bridgehead atoms. The first-order chi connectivity index (χ1) is 5.86. The van der Waals surface area contributed by atoms with E-state index in [9.17, 15) is 0 Å². The zero-order valence-electron chi connectivity index (χ0n) is 7.55. The molecule has 0 spiro atoms. The summed E-state index contributed by atoms with van der Waals surface area (Å²) in [7, 11) is 0. The number of hydrogen-bond donors (Lipinski definition) is 1. The second kappa shape index (κ2) is 3.44. The Morgan fingerprint density at radius 3 is 2.75 bits per heavy atom. The molecule has 1 saturated heterocycles. The van der Waals surface area contributed by atoms with Crippen LogP contribution >= 0.6 is 0 Å². The van der Waals surface area contributed by atoms with Crippen LogP contribution in [0.4, 0.5) is 0 Å². The highest BCUT2D eigenvalue weighted by Gasteiger charge is 2.24. The molecule has 1 N–H and O–H groups in total. The molecular weight excluding hydrogens is 152 g/mol. The van der Waals surface area contributed by atoms with Crippen LogP contribution in [0.25, 0.3) is 0 Å². The number of aliphatic imine (C=N–C) groups is 1. The maximum Gasteiger partial charge on any atom is 0.186 e. The summed E-state index contributed by atoms with van der Waals surface area (Å²) >= 11 is 0. The van der Waals surface area contributed by atoms with Crippen molar-refractivity contribution in [3.8, 4) is 0 Å². The molecule has 2 rings (SSSR count). The van der Waals surface area contributed by atoms with E-state index in [1.165, 1.54) is 12.8 Å². The Bertz CT molecular complexity index is 185. The van der Waals surface area contributed by atoms with E-state index < -0.39 is 0 Å². The molecule has 12 heavy (non-hydrogen) atoms. The van der Waals surface area contributed by atoms with Crippen molar-refractivity contribution in [3.05, 3.63) is 0 Å². The van der Waals surface area contributed by atoms with Gasteiger partial charge in [-0.2, -0.15) is 0 Å². The first-order valence-electron chi connectivity index (χ1n) is 4.77. The molecule has 68 valence electrons. The first-order valence-corrected chi connectivity index (χ1v) is 4.77. The number of hydrogen-bond acceptors (Lipinski definition) is 3. The van der Waals surface area contributed by atoms with Gasteiger partial charge in [-0.15, -0.1) is 0 Å². The fraction of sp³-hybridized carbons (Fsp3) is 0.889. The summed E-state index contributed by atoms with van der Waals surface area (Å²) in [5.41, 5.74) is 0. The molecule has 0 aromatic rings. The molecule has 2 aliphatic rings. The normalized spacial score (nSPS) is 31.4. The van der Waals surface area contributed by atoms with Crippen molar-refractivity contribution in [3.63, 3.8) is 0 Å². The van der Waals surface area contributed by atoms with Gasteiger partial charge in [0, 0.05) is 5.92 Å². The van der Waals surface area contributed by atoms with E-state index in [4.69, 9.17) is 4.74 Å². The molecule has 0 aromatic carbocycles. The lowest BCUT2D eigenvalue weighted by Gasteiger charge is -2.21. The van der Waals surface area contributed by atoms with E-state index in [2.05, 4.69) is 17.2 Å². The summed E-state index contributed by atoms with van der Waals surface area (Å²) in [4.78, 5) is 4.48. The van der Waals surface area contributed by atoms with Crippen LogP contribution in [0.1, 0.15) is 19.8 Å². The van der Waals surface area contributed by atoms with Gasteiger partial charge in [0.2, 0.25) is 0 Å². The molecule has 1 atom stereocenters. The quantitative estimate of drug-likeness (QED) is 0.628. The Morgan fingerprint density at radius 2 is 2.17 bits per heavy atom. The molecule has 2 heterocycles. The summed E-state index contributed by atoms with van der Waals surface area (Å²) in [6.45, 7) is 5.12. The predicted octanol–water partition coefficient (Wildman–Crippen LogP) is 0.803. The molecular formula is C9H16N2O. The zero-order chi connectivity index (χ0) is 8.39. The van der Waals surface area contributed by atoms with Crippen LogP contribution in [0.15, 0.2) is 4.99 Å². The average molecular weight is 168 g/mol. The summed E-state index contributed by atoms with van der Waals surface area (Å²) in [6, 6.07) is 0.384. The maximum atomic E-state index is 5.53. The molecule has 1 fully saturated rings. The van der Waals surface area contributed by atoms with Crippen molar-refractivity contribution in [1.29, 1.82) is 0 Å². The van der Waals surface area contributed by atoms with Gasteiger partial charge < -0.3 is 10.1 Å². The van der Waals surface area contributed by atoms with Gasteiger partial charge in [-0.3, -0.25) is 0 Å². The van der Waals surface area contributed by atoms with Gasteiger partial charge in [0.15, 0.2) is 5.90 Å². The highest BCUT2D eigenvalue weighted by Crippen LogP contribution is 2.18. The molecule has 1 unspecified atom stereocenters. The van der Waals surface area contributed by atoms with Gasteiger partial charge in [0.05, 0.1) is 6.04 Å². The van der Waals surface area contributed by atoms with Gasteiger partial charge in [0.1, 0.15) is 6.61 Å². The molecule has 2 aliphatic heterocycles. The highest BCUT2D eigenvalue weighted by atomic mass is 16.5. The van der Waals surface area contributed by atoms with Crippen LogP contribution in [0.3, 0.4) is 0 Å². The van der Waals surface area contributed by atoms with Gasteiger partial charge in [-0.25, -0.2) is 4.99 Å². The Kier molecular flexibility index (Phi) is 2.30. The van der Waals surface area contributed by atoms with Crippen molar-refractivity contribution in [2.45, 2.75) is 25.8 Å². The maximum absolute atomic E-state index is 5.53. The molecule has 0 radical (unpaired) electrons. The fourth-order valence-corrected chi connectivity index (χ4v) is 1.79. The lowest BCUT2D eigenvalue weighted by molar-refractivity contribution is 0.288. The molecule has 0 aliphatic carbocycles. The predicted molar refractivity (Wildman–Crippen MR) is 48.4 cm³/mol. The van der Waals surface area contributed by atoms with E-state index >= 15 is 0 Å². The van der Waals surface area contributed by atoms with Crippen molar-refractivity contribution in [2.75, 3.05) is 19.7 Å². The summed E-state index contributed by atoms with van der Waals surface area (Å²) in [5, 5.41) is 3.34. The first kappa shape index (κ1) is 8.05. The summed E-state index contributed by atoms with van der Waals surface area (Å²) in [5.74, 6) is 1.61. The lowest BCUT2D eigenvalue weighted by atomic mass is 9.98. The Balaban J connectivity index is 1.94. The average Bonchev–Trinajstić information content (AvgIpc) is 2.54. The molecule has 0 amide bonds. The second-order valence-electron chi connectivity index (χ2n) is 3.65. The zero-order valence-corrected chi connectivity index (χ0v) is 7.55. The van der Waals surface area contributed by atoms with Crippen LogP contribution in [0, 0.1) is 5.92 Å². The monoisotopic (exact) mass is 168 g/mol. The highest BCUT2D eigenvalue weighted by molar-refractivity contribution is 5.80. The topological polar surface area (TPSA) is 33.6 Å². The van der Waals surface area contributed by atoms with Gasteiger partial charge in [-0.05, 0) is 32.9 Å². The van der Waals surface area contributed by atoms with Crippen LogP contribution in [0.2, 0.25) is 0 Å². The van der Waals surface area contributed by atoms with E-state index in [0.29, 0.717) is 12.0 Å². The third-order valence-electron chi connectivity index (χ3n) is 2.51. The van der Waals surface area contributed by atoms with E-state index in [-0.39, 0.29) is 0 Å². The number of nitrogens with one attached hydrogen (secondary N) is 1. The SMILES string of the molecule is CC1COC(C2CCNCC2)=N1. The second-order valence-corrected chi connectivity index (χ2v) is 3.65. The molecule has 3 heteroatoms. The van der Waals surface area contributed by atoms with Crippen LogP contribution in [0.5, 0.6) is 0 Å². The minimum absolute atomic E-state index is 0.384. The van der Waals surface area contributed by atoms with Crippen LogP contribution in [-0.2, 0) is 4.74 Å². The van der Waals surface area contributed by atoms with Crippen LogP contribution < -0.4 is 5.32 Å². The third-order valence-corrected chi connectivity index (χ3v) is 2.51. The minimum Gasteiger partial charge on any atom is -0.479 e. The number of piperidine rings is 1. The van der Waals surface area contributed by atoms with Crippen LogP contribution in [-0.4, -0.2) is 31.6 Å². The molecule has 3 nitrogen and oxygen atoms in total. The van der Waals surface area contributed by atoms with Gasteiger partial charge >= 0.3 is 0 Å². The van der Waals surface area contributed by atoms with E-state index in [1.807, 2.05) is 0 Å². The summed E-state index contributed by atoms with van der Waals surface area (Å²) in [6.07, 6.45) is 2.37. The molecule has 0 aromatic heterocycles. The van der Waals surface area contributed by atoms with E-state index in [1.54, 1.807) is 0 Å². The number of rotatable bonds is 1. The summed E-state index contributed by atoms with van der Waals surface area (Å²) < 4.78 is 5.53. The Hall–Kier alpha value is -0.570. The standard InChI is InChI=1S/C9H16N2O/c1-7-6-12-9(11-7)8-2-4-10-5-3-8/h7-8,10H,2-6H2,1H3. The lowest BCUT2D eigenvalue weighted by Crippen LogP contribution is -2.31. The minimum atomic E-state index is 0.384. The smallest absolute Gasteiger partial charge is 0.186 e. The molecule has 0 saturated carbocycles. The third kappa shape index (κ3) is 1.61. The van der Waals surface area contributed by atoms with E-state index in [0.717, 1.165) is 25.6 Å². The van der Waals surface area contributed by atoms with Crippen molar-refractivity contribution >= 4 is 5.90 Å². The fourth-order valence-electron chi connectivity index (χ4n) is 1.79. The Morgan fingerprint density at radius 1 is 1.42 bits per heavy atom. The number of nitrogens with zero attached hydrogens (tertiary/aromatic N) is 1.